The van der Waals surface area contributed by atoms with E-state index in [1.165, 1.54) is 22.7 Å². The SMILES string of the molecule is O=C([O-])C(O)C(O)C(=O)[O-].c1ccc([NH2+]c2ccccc2)cc1.c1ccc([NH2+]c2ccccc2)cc1. The third-order valence-corrected chi connectivity index (χ3v) is 4.65. The Morgan fingerprint density at radius 3 is 0.833 bits per heavy atom. The first kappa shape index (κ1) is 27.9. The second-order valence-corrected chi connectivity index (χ2v) is 7.46. The number of hydrogen-bond acceptors (Lipinski definition) is 6. The largest absolute Gasteiger partial charge is 0.547 e. The predicted molar refractivity (Wildman–Crippen MR) is 130 cm³/mol. The number of nitrogens with two attached hydrogens (primary N) is 2. The molecule has 0 saturated heterocycles. The van der Waals surface area contributed by atoms with Crippen LogP contribution in [0.1, 0.15) is 0 Å². The van der Waals surface area contributed by atoms with Crippen LogP contribution in [0, 0.1) is 0 Å². The third kappa shape index (κ3) is 10.7. The van der Waals surface area contributed by atoms with Gasteiger partial charge < -0.3 is 30.0 Å². The Balaban J connectivity index is 0.000000193. The Morgan fingerprint density at radius 2 is 0.667 bits per heavy atom. The van der Waals surface area contributed by atoms with E-state index in [1.807, 2.05) is 24.3 Å². The van der Waals surface area contributed by atoms with E-state index in [2.05, 4.69) is 108 Å². The molecule has 2 atom stereocenters. The molecule has 0 radical (unpaired) electrons. The van der Waals surface area contributed by atoms with Crippen LogP contribution in [-0.4, -0.2) is 34.4 Å². The van der Waals surface area contributed by atoms with E-state index in [1.54, 1.807) is 0 Å². The highest BCUT2D eigenvalue weighted by atomic mass is 16.4. The van der Waals surface area contributed by atoms with Crippen molar-refractivity contribution in [2.75, 3.05) is 0 Å². The minimum atomic E-state index is -2.44. The number of rotatable bonds is 7. The lowest BCUT2D eigenvalue weighted by Gasteiger charge is -2.18. The fourth-order valence-electron chi connectivity index (χ4n) is 2.84. The van der Waals surface area contributed by atoms with Gasteiger partial charge in [0.05, 0.1) is 11.9 Å². The summed E-state index contributed by atoms with van der Waals surface area (Å²) in [6, 6.07) is 41.4. The van der Waals surface area contributed by atoms with Crippen LogP contribution in [0.25, 0.3) is 0 Å². The summed E-state index contributed by atoms with van der Waals surface area (Å²) in [7, 11) is 0. The van der Waals surface area contributed by atoms with Crippen molar-refractivity contribution in [2.24, 2.45) is 0 Å². The maximum atomic E-state index is 9.63. The van der Waals surface area contributed by atoms with Crippen molar-refractivity contribution in [3.05, 3.63) is 121 Å². The number of para-hydroxylation sites is 4. The molecule has 186 valence electrons. The molecule has 0 fully saturated rings. The van der Waals surface area contributed by atoms with Crippen molar-refractivity contribution >= 4 is 34.7 Å². The Kier molecular flexibility index (Phi) is 12.0. The molecule has 2 unspecified atom stereocenters. The number of carbonyl (C=O) groups is 2. The van der Waals surface area contributed by atoms with Gasteiger partial charge in [-0.25, -0.2) is 0 Å². The lowest BCUT2D eigenvalue weighted by Crippen LogP contribution is -2.70. The highest BCUT2D eigenvalue weighted by Gasteiger charge is 2.17. The van der Waals surface area contributed by atoms with E-state index in [4.69, 9.17) is 10.2 Å². The van der Waals surface area contributed by atoms with E-state index in [-0.39, 0.29) is 0 Å². The molecule has 6 N–H and O–H groups in total. The first-order valence-corrected chi connectivity index (χ1v) is 11.0. The summed E-state index contributed by atoms with van der Waals surface area (Å²) in [5.41, 5.74) is 4.98. The average Bonchev–Trinajstić information content (AvgIpc) is 2.91. The highest BCUT2D eigenvalue weighted by Crippen LogP contribution is 2.04. The summed E-state index contributed by atoms with van der Waals surface area (Å²) in [6.07, 6.45) is -4.88. The number of aliphatic hydroxyl groups is 2. The molecule has 0 spiro atoms. The third-order valence-electron chi connectivity index (χ3n) is 4.65. The van der Waals surface area contributed by atoms with Crippen LogP contribution in [0.5, 0.6) is 0 Å². The van der Waals surface area contributed by atoms with E-state index < -0.39 is 24.1 Å². The van der Waals surface area contributed by atoms with Crippen molar-refractivity contribution in [1.29, 1.82) is 0 Å². The molecule has 4 rings (SSSR count). The van der Waals surface area contributed by atoms with Gasteiger partial charge in [-0.3, -0.25) is 10.6 Å². The summed E-state index contributed by atoms with van der Waals surface area (Å²) < 4.78 is 0. The second kappa shape index (κ2) is 15.5. The zero-order chi connectivity index (χ0) is 26.2. The van der Waals surface area contributed by atoms with Gasteiger partial charge in [0.15, 0.2) is 0 Å². The number of quaternary nitrogens is 2. The van der Waals surface area contributed by atoms with Crippen LogP contribution >= 0.6 is 0 Å². The minimum Gasteiger partial charge on any atom is -0.547 e. The van der Waals surface area contributed by atoms with Crippen LogP contribution < -0.4 is 20.8 Å². The van der Waals surface area contributed by atoms with Gasteiger partial charge in [0, 0.05) is 0 Å². The zero-order valence-corrected chi connectivity index (χ0v) is 19.4. The Morgan fingerprint density at radius 1 is 0.472 bits per heavy atom. The Labute approximate surface area is 209 Å². The van der Waals surface area contributed by atoms with Crippen molar-refractivity contribution in [1.82, 2.24) is 0 Å². The molecule has 4 aromatic carbocycles. The number of carboxylic acid groups (broad SMARTS) is 2. The van der Waals surface area contributed by atoms with Gasteiger partial charge in [0.25, 0.3) is 0 Å². The molecule has 0 bridgehead atoms. The molecule has 0 amide bonds. The smallest absolute Gasteiger partial charge is 0.134 e. The lowest BCUT2D eigenvalue weighted by atomic mass is 10.2. The molecular formula is C28H28N2O6. The first-order valence-electron chi connectivity index (χ1n) is 11.0. The van der Waals surface area contributed by atoms with Gasteiger partial charge in [-0.15, -0.1) is 0 Å². The molecule has 36 heavy (non-hydrogen) atoms. The quantitative estimate of drug-likeness (QED) is 0.260. The minimum absolute atomic E-state index is 1.24. The summed E-state index contributed by atoms with van der Waals surface area (Å²) in [4.78, 5) is 19.3. The fourth-order valence-corrected chi connectivity index (χ4v) is 2.84. The number of hydrogen-bond donors (Lipinski definition) is 4. The Hall–Kier alpha value is -4.34. The molecular weight excluding hydrogens is 460 g/mol. The number of aliphatic hydroxyl groups excluding tert-OH is 2. The summed E-state index contributed by atoms with van der Waals surface area (Å²) in [6.45, 7) is 0. The standard InChI is InChI=1S/2C12H11N.C4H6O6/c2*1-3-7-11(8-4-1)13-12-9-5-2-6-10-12;5-1(3(7)8)2(6)4(9)10/h2*1-10,13H;1-2,5-6H,(H,7,8)(H,9,10). The first-order chi connectivity index (χ1) is 17.4. The summed E-state index contributed by atoms with van der Waals surface area (Å²) in [5.74, 6) is -4.12. The Bertz CT molecular complexity index is 990. The molecule has 0 aliphatic rings. The number of carboxylic acids is 2. The second-order valence-electron chi connectivity index (χ2n) is 7.46. The molecule has 4 aromatic rings. The molecule has 0 saturated carbocycles. The van der Waals surface area contributed by atoms with Crippen LogP contribution in [-0.2, 0) is 9.59 Å². The van der Waals surface area contributed by atoms with E-state index in [0.717, 1.165) is 0 Å². The van der Waals surface area contributed by atoms with Crippen LogP contribution in [0.15, 0.2) is 121 Å². The van der Waals surface area contributed by atoms with Crippen molar-refractivity contribution in [2.45, 2.75) is 12.2 Å². The maximum Gasteiger partial charge on any atom is 0.134 e. The van der Waals surface area contributed by atoms with Crippen molar-refractivity contribution < 1.29 is 40.6 Å². The fraction of sp³-hybridized carbons (Fsp3) is 0.0714. The molecule has 0 aliphatic heterocycles. The normalized spacial score (nSPS) is 11.5. The zero-order valence-electron chi connectivity index (χ0n) is 19.4. The van der Waals surface area contributed by atoms with E-state index in [0.29, 0.717) is 0 Å². The van der Waals surface area contributed by atoms with Gasteiger partial charge in [-0.05, 0) is 48.5 Å². The number of aliphatic carboxylic acids is 2. The molecule has 0 aromatic heterocycles. The summed E-state index contributed by atoms with van der Waals surface area (Å²) in [5, 5.41) is 40.1. The van der Waals surface area contributed by atoms with Crippen LogP contribution in [0.2, 0.25) is 0 Å². The monoisotopic (exact) mass is 488 g/mol. The number of benzene rings is 4. The maximum absolute atomic E-state index is 9.63. The van der Waals surface area contributed by atoms with Crippen molar-refractivity contribution in [3.8, 4) is 0 Å². The van der Waals surface area contributed by atoms with Crippen molar-refractivity contribution in [3.63, 3.8) is 0 Å². The van der Waals surface area contributed by atoms with Gasteiger partial charge in [-0.1, -0.05) is 72.8 Å². The highest BCUT2D eigenvalue weighted by molar-refractivity contribution is 5.80. The molecule has 8 heteroatoms. The van der Waals surface area contributed by atoms with E-state index >= 15 is 0 Å². The lowest BCUT2D eigenvalue weighted by molar-refractivity contribution is -0.479. The van der Waals surface area contributed by atoms with Gasteiger partial charge in [-0.2, -0.15) is 0 Å². The molecule has 0 aliphatic carbocycles. The molecule has 8 nitrogen and oxygen atoms in total. The van der Waals surface area contributed by atoms with Gasteiger partial charge in [0.1, 0.15) is 35.0 Å². The number of carbonyl (C=O) groups excluding carboxylic acids is 2. The van der Waals surface area contributed by atoms with Crippen LogP contribution in [0.3, 0.4) is 0 Å². The van der Waals surface area contributed by atoms with Gasteiger partial charge >= 0.3 is 0 Å². The summed E-state index contributed by atoms with van der Waals surface area (Å²) >= 11 is 0. The topological polar surface area (TPSA) is 154 Å². The molecule has 0 heterocycles. The van der Waals surface area contributed by atoms with Gasteiger partial charge in [0.2, 0.25) is 0 Å². The average molecular weight is 489 g/mol. The van der Waals surface area contributed by atoms with Crippen LogP contribution in [0.4, 0.5) is 22.7 Å². The van der Waals surface area contributed by atoms with E-state index in [9.17, 15) is 19.8 Å². The predicted octanol–water partition coefficient (Wildman–Crippen LogP) is -0.366.